The molecule has 3 N–H and O–H groups in total. The smallest absolute Gasteiger partial charge is 0.269 e. The molecule has 0 saturated carbocycles. The minimum atomic E-state index is -0.300. The SMILES string of the molecule is COc1ccc(NC(=S)NNC(=O)c2ccc(OC)cc2)cc1. The second kappa shape index (κ2) is 8.00. The van der Waals surface area contributed by atoms with Crippen LogP contribution in [0.1, 0.15) is 10.4 Å². The summed E-state index contributed by atoms with van der Waals surface area (Å²) in [6, 6.07) is 14.0. The second-order valence-electron chi connectivity index (χ2n) is 4.49. The fraction of sp³-hybridized carbons (Fsp3) is 0.125. The molecular weight excluding hydrogens is 314 g/mol. The number of anilines is 1. The fourth-order valence-electron chi connectivity index (χ4n) is 1.76. The molecule has 6 nitrogen and oxygen atoms in total. The minimum absolute atomic E-state index is 0.275. The van der Waals surface area contributed by atoms with Crippen molar-refractivity contribution in [3.63, 3.8) is 0 Å². The highest BCUT2D eigenvalue weighted by Crippen LogP contribution is 2.14. The van der Waals surface area contributed by atoms with Gasteiger partial charge in [-0.3, -0.25) is 15.6 Å². The van der Waals surface area contributed by atoms with E-state index in [0.717, 1.165) is 11.4 Å². The number of hydrazine groups is 1. The van der Waals surface area contributed by atoms with Crippen LogP contribution in [0.5, 0.6) is 11.5 Å². The maximum Gasteiger partial charge on any atom is 0.269 e. The quantitative estimate of drug-likeness (QED) is 0.590. The maximum absolute atomic E-state index is 12.0. The molecule has 7 heteroatoms. The zero-order valence-corrected chi connectivity index (χ0v) is 13.6. The number of hydrogen-bond acceptors (Lipinski definition) is 4. The zero-order valence-electron chi connectivity index (χ0n) is 12.8. The molecule has 0 aliphatic heterocycles. The molecule has 23 heavy (non-hydrogen) atoms. The van der Waals surface area contributed by atoms with Gasteiger partial charge in [0.05, 0.1) is 14.2 Å². The molecule has 0 bridgehead atoms. The van der Waals surface area contributed by atoms with Gasteiger partial charge in [-0.1, -0.05) is 0 Å². The zero-order chi connectivity index (χ0) is 16.7. The molecule has 0 unspecified atom stereocenters. The summed E-state index contributed by atoms with van der Waals surface area (Å²) >= 11 is 5.12. The van der Waals surface area contributed by atoms with E-state index in [9.17, 15) is 4.79 Å². The van der Waals surface area contributed by atoms with E-state index < -0.39 is 0 Å². The Labute approximate surface area is 139 Å². The highest BCUT2D eigenvalue weighted by atomic mass is 32.1. The molecule has 0 spiro atoms. The third kappa shape index (κ3) is 4.86. The summed E-state index contributed by atoms with van der Waals surface area (Å²) in [5, 5.41) is 3.22. The number of rotatable bonds is 4. The highest BCUT2D eigenvalue weighted by molar-refractivity contribution is 7.80. The summed E-state index contributed by atoms with van der Waals surface area (Å²) in [4.78, 5) is 12.0. The predicted octanol–water partition coefficient (Wildman–Crippen LogP) is 2.34. The lowest BCUT2D eigenvalue weighted by molar-refractivity contribution is 0.0944. The lowest BCUT2D eigenvalue weighted by atomic mass is 10.2. The van der Waals surface area contributed by atoms with Crippen LogP contribution in [0, 0.1) is 0 Å². The van der Waals surface area contributed by atoms with Gasteiger partial charge in [0.25, 0.3) is 5.91 Å². The summed E-state index contributed by atoms with van der Waals surface area (Å²) in [7, 11) is 3.17. The number of carbonyl (C=O) groups excluding carboxylic acids is 1. The van der Waals surface area contributed by atoms with E-state index in [-0.39, 0.29) is 11.0 Å². The van der Waals surface area contributed by atoms with Gasteiger partial charge in [0.15, 0.2) is 5.11 Å². The van der Waals surface area contributed by atoms with Crippen LogP contribution in [0.25, 0.3) is 0 Å². The van der Waals surface area contributed by atoms with E-state index in [2.05, 4.69) is 16.2 Å². The minimum Gasteiger partial charge on any atom is -0.497 e. The van der Waals surface area contributed by atoms with Gasteiger partial charge in [-0.05, 0) is 60.7 Å². The molecule has 120 valence electrons. The molecule has 1 amide bonds. The molecule has 2 aromatic rings. The fourth-order valence-corrected chi connectivity index (χ4v) is 1.93. The predicted molar refractivity (Wildman–Crippen MR) is 92.8 cm³/mol. The van der Waals surface area contributed by atoms with Crippen LogP contribution < -0.4 is 25.6 Å². The Balaban J connectivity index is 1.83. The van der Waals surface area contributed by atoms with E-state index in [0.29, 0.717) is 11.3 Å². The third-order valence-electron chi connectivity index (χ3n) is 2.99. The van der Waals surface area contributed by atoms with Gasteiger partial charge in [-0.15, -0.1) is 0 Å². The summed E-state index contributed by atoms with van der Waals surface area (Å²) in [6.45, 7) is 0. The van der Waals surface area contributed by atoms with E-state index >= 15 is 0 Å². The van der Waals surface area contributed by atoms with Crippen molar-refractivity contribution >= 4 is 28.9 Å². The topological polar surface area (TPSA) is 71.6 Å². The van der Waals surface area contributed by atoms with Crippen molar-refractivity contribution in [3.05, 3.63) is 54.1 Å². The molecule has 0 atom stereocenters. The van der Waals surface area contributed by atoms with Gasteiger partial charge < -0.3 is 14.8 Å². The lowest BCUT2D eigenvalue weighted by Crippen LogP contribution is -2.43. The van der Waals surface area contributed by atoms with Crippen molar-refractivity contribution in [2.45, 2.75) is 0 Å². The van der Waals surface area contributed by atoms with Crippen molar-refractivity contribution in [2.24, 2.45) is 0 Å². The van der Waals surface area contributed by atoms with Crippen LogP contribution in [0.15, 0.2) is 48.5 Å². The first-order chi connectivity index (χ1) is 11.1. The third-order valence-corrected chi connectivity index (χ3v) is 3.19. The first-order valence-corrected chi connectivity index (χ1v) is 7.18. The number of nitrogens with one attached hydrogen (secondary N) is 3. The van der Waals surface area contributed by atoms with Crippen molar-refractivity contribution in [1.82, 2.24) is 10.9 Å². The largest absolute Gasteiger partial charge is 0.497 e. The normalized spacial score (nSPS) is 9.65. The van der Waals surface area contributed by atoms with Gasteiger partial charge >= 0.3 is 0 Å². The summed E-state index contributed by atoms with van der Waals surface area (Å²) in [6.07, 6.45) is 0. The summed E-state index contributed by atoms with van der Waals surface area (Å²) in [5.41, 5.74) is 6.44. The first-order valence-electron chi connectivity index (χ1n) is 6.78. The molecule has 0 aliphatic carbocycles. The molecule has 2 rings (SSSR count). The number of carbonyl (C=O) groups is 1. The lowest BCUT2D eigenvalue weighted by Gasteiger charge is -2.12. The monoisotopic (exact) mass is 331 g/mol. The number of methoxy groups -OCH3 is 2. The van der Waals surface area contributed by atoms with Crippen molar-refractivity contribution in [1.29, 1.82) is 0 Å². The molecule has 0 aliphatic rings. The van der Waals surface area contributed by atoms with Crippen molar-refractivity contribution in [2.75, 3.05) is 19.5 Å². The number of hydrogen-bond donors (Lipinski definition) is 3. The van der Waals surface area contributed by atoms with Crippen molar-refractivity contribution < 1.29 is 14.3 Å². The Morgan fingerprint density at radius 1 is 0.870 bits per heavy atom. The van der Waals surface area contributed by atoms with E-state index in [1.54, 1.807) is 50.6 Å². The summed E-state index contributed by atoms with van der Waals surface area (Å²) < 4.78 is 10.1. The van der Waals surface area contributed by atoms with Crippen LogP contribution in [-0.2, 0) is 0 Å². The Bertz CT molecular complexity index is 672. The Morgan fingerprint density at radius 2 is 1.39 bits per heavy atom. The highest BCUT2D eigenvalue weighted by Gasteiger charge is 2.06. The van der Waals surface area contributed by atoms with Gasteiger partial charge in [-0.2, -0.15) is 0 Å². The molecule has 2 aromatic carbocycles. The molecule has 0 heterocycles. The van der Waals surface area contributed by atoms with Crippen LogP contribution in [0.4, 0.5) is 5.69 Å². The maximum atomic E-state index is 12.0. The summed E-state index contributed by atoms with van der Waals surface area (Å²) in [5.74, 6) is 1.14. The average Bonchev–Trinajstić information content (AvgIpc) is 2.60. The van der Waals surface area contributed by atoms with Crippen LogP contribution in [0.2, 0.25) is 0 Å². The van der Waals surface area contributed by atoms with Crippen LogP contribution in [0.3, 0.4) is 0 Å². The van der Waals surface area contributed by atoms with Crippen molar-refractivity contribution in [3.8, 4) is 11.5 Å². The van der Waals surface area contributed by atoms with E-state index in [4.69, 9.17) is 21.7 Å². The number of amides is 1. The standard InChI is InChI=1S/C16H17N3O3S/c1-21-13-7-3-11(4-8-13)15(20)18-19-16(23)17-12-5-9-14(22-2)10-6-12/h3-10H,1-2H3,(H,18,20)(H2,17,19,23). The Hall–Kier alpha value is -2.80. The van der Waals surface area contributed by atoms with Gasteiger partial charge in [0, 0.05) is 11.3 Å². The van der Waals surface area contributed by atoms with Gasteiger partial charge in [0.1, 0.15) is 11.5 Å². The van der Waals surface area contributed by atoms with Gasteiger partial charge in [-0.25, -0.2) is 0 Å². The van der Waals surface area contributed by atoms with E-state index in [1.807, 2.05) is 12.1 Å². The van der Waals surface area contributed by atoms with E-state index in [1.165, 1.54) is 0 Å². The second-order valence-corrected chi connectivity index (χ2v) is 4.90. The van der Waals surface area contributed by atoms with Gasteiger partial charge in [0.2, 0.25) is 0 Å². The molecule has 0 aromatic heterocycles. The van der Waals surface area contributed by atoms with Crippen LogP contribution in [-0.4, -0.2) is 25.2 Å². The van der Waals surface area contributed by atoms with Crippen LogP contribution >= 0.6 is 12.2 Å². The number of ether oxygens (including phenoxy) is 2. The number of benzene rings is 2. The Morgan fingerprint density at radius 3 is 1.91 bits per heavy atom. The molecule has 0 radical (unpaired) electrons. The molecular formula is C16H17N3O3S. The first kappa shape index (κ1) is 16.6. The average molecular weight is 331 g/mol. The Kier molecular flexibility index (Phi) is 5.76. The number of thiocarbonyl (C=S) groups is 1. The molecule has 0 saturated heterocycles. The molecule has 0 fully saturated rings.